The first-order valence-electron chi connectivity index (χ1n) is 18.0. The highest BCUT2D eigenvalue weighted by atomic mass is 28.3. The van der Waals surface area contributed by atoms with Crippen molar-refractivity contribution < 1.29 is 0 Å². The van der Waals surface area contributed by atoms with E-state index < -0.39 is 13.5 Å². The van der Waals surface area contributed by atoms with Crippen molar-refractivity contribution in [2.45, 2.75) is 25.1 Å². The number of hydrogen-bond donors (Lipinski definition) is 0. The molecule has 5 aromatic carbocycles. The Kier molecular flexibility index (Phi) is 7.97. The summed E-state index contributed by atoms with van der Waals surface area (Å²) in [7, 11) is -1.45. The molecular weight excluding hydrogens is 663 g/mol. The van der Waals surface area contributed by atoms with Gasteiger partial charge in [-0.25, -0.2) is 15.0 Å². The summed E-state index contributed by atoms with van der Waals surface area (Å²) in [4.78, 5) is 23.9. The van der Waals surface area contributed by atoms with Gasteiger partial charge in [0.2, 0.25) is 0 Å². The van der Waals surface area contributed by atoms with Gasteiger partial charge in [0.15, 0.2) is 17.5 Å². The average Bonchev–Trinajstić information content (AvgIpc) is 3.52. The molecule has 0 radical (unpaired) electrons. The minimum absolute atomic E-state index is 0.538. The summed E-state index contributed by atoms with van der Waals surface area (Å²) < 4.78 is 0. The molecule has 6 heteroatoms. The Hall–Kier alpha value is -6.37. The first kappa shape index (κ1) is 32.5. The van der Waals surface area contributed by atoms with Crippen molar-refractivity contribution in [1.29, 1.82) is 0 Å². The number of hydrogen-bond acceptors (Lipinski definition) is 5. The van der Waals surface area contributed by atoms with E-state index in [-0.39, 0.29) is 0 Å². The molecule has 0 bridgehead atoms. The zero-order valence-electron chi connectivity index (χ0n) is 29.9. The van der Waals surface area contributed by atoms with E-state index in [4.69, 9.17) is 15.0 Å². The zero-order chi connectivity index (χ0) is 36.0. The lowest BCUT2D eigenvalue weighted by atomic mass is 9.68. The Morgan fingerprint density at radius 3 is 1.53 bits per heavy atom. The smallest absolute Gasteiger partial charge is 0.164 e. The average molecular weight is 700 g/mol. The van der Waals surface area contributed by atoms with E-state index in [2.05, 4.69) is 145 Å². The van der Waals surface area contributed by atoms with Crippen molar-refractivity contribution in [1.82, 2.24) is 24.9 Å². The maximum absolute atomic E-state index is 5.09. The predicted molar refractivity (Wildman–Crippen MR) is 217 cm³/mol. The third-order valence-electron chi connectivity index (χ3n) is 10.4. The molecule has 0 spiro atoms. The quantitative estimate of drug-likeness (QED) is 0.155. The van der Waals surface area contributed by atoms with Crippen LogP contribution in [0, 0.1) is 0 Å². The van der Waals surface area contributed by atoms with Gasteiger partial charge in [0.1, 0.15) is 0 Å². The van der Waals surface area contributed by atoms with Crippen LogP contribution in [0.4, 0.5) is 0 Å². The first-order valence-corrected chi connectivity index (χ1v) is 21.5. The first-order chi connectivity index (χ1) is 25.9. The summed E-state index contributed by atoms with van der Waals surface area (Å²) >= 11 is 0. The third kappa shape index (κ3) is 5.68. The molecule has 0 unspecified atom stereocenters. The van der Waals surface area contributed by atoms with Gasteiger partial charge >= 0.3 is 0 Å². The van der Waals surface area contributed by atoms with Gasteiger partial charge in [-0.1, -0.05) is 134 Å². The van der Waals surface area contributed by atoms with E-state index in [1.54, 1.807) is 0 Å². The number of nitrogens with zero attached hydrogens (tertiary/aromatic N) is 5. The maximum atomic E-state index is 5.09. The number of rotatable bonds is 7. The van der Waals surface area contributed by atoms with Gasteiger partial charge in [0.25, 0.3) is 0 Å². The highest BCUT2D eigenvalue weighted by Crippen LogP contribution is 2.56. The normalized spacial score (nSPS) is 13.0. The van der Waals surface area contributed by atoms with Crippen LogP contribution in [0.2, 0.25) is 19.6 Å². The van der Waals surface area contributed by atoms with Crippen LogP contribution in [0.5, 0.6) is 0 Å². The lowest BCUT2D eigenvalue weighted by Crippen LogP contribution is -2.37. The van der Waals surface area contributed by atoms with Gasteiger partial charge in [-0.05, 0) is 80.9 Å². The van der Waals surface area contributed by atoms with Crippen LogP contribution in [-0.2, 0) is 5.41 Å². The number of benzene rings is 5. The van der Waals surface area contributed by atoms with Crippen molar-refractivity contribution in [3.63, 3.8) is 0 Å². The van der Waals surface area contributed by atoms with Gasteiger partial charge in [-0.3, -0.25) is 9.97 Å². The lowest BCUT2D eigenvalue weighted by Gasteiger charge is -2.33. The molecule has 3 aromatic heterocycles. The molecular formula is C47H37N5Si. The molecule has 1 aliphatic rings. The summed E-state index contributed by atoms with van der Waals surface area (Å²) in [5.74, 6) is 1.96. The topological polar surface area (TPSA) is 64.5 Å². The Labute approximate surface area is 311 Å². The molecule has 0 saturated heterocycles. The predicted octanol–water partition coefficient (Wildman–Crippen LogP) is 10.2. The van der Waals surface area contributed by atoms with E-state index in [1.165, 1.54) is 38.6 Å². The van der Waals surface area contributed by atoms with Crippen molar-refractivity contribution in [2.24, 2.45) is 0 Å². The minimum Gasteiger partial charge on any atom is -0.265 e. The van der Waals surface area contributed by atoms with Crippen LogP contribution in [0.15, 0.2) is 170 Å². The summed E-state index contributed by atoms with van der Waals surface area (Å²) in [6.45, 7) is 7.09. The van der Waals surface area contributed by atoms with Gasteiger partial charge in [-0.2, -0.15) is 0 Å². The van der Waals surface area contributed by atoms with E-state index in [1.807, 2.05) is 55.1 Å². The molecule has 9 rings (SSSR count). The molecule has 8 aromatic rings. The summed E-state index contributed by atoms with van der Waals surface area (Å²) in [6, 6.07) is 51.7. The van der Waals surface area contributed by atoms with Crippen LogP contribution in [0.25, 0.3) is 56.4 Å². The third-order valence-corrected chi connectivity index (χ3v) is 12.5. The SMILES string of the molecule is C[Si](C)(C)c1ccc(-c2nc(-c3ccccc3)nc(-c3cccc(-c4ccc5c(c4)C(c4ccncc4)(c4ccncc4)c4ccccc4-5)c3)n2)cc1. The fraction of sp³-hybridized carbons (Fsp3) is 0.0851. The van der Waals surface area contributed by atoms with Crippen molar-refractivity contribution >= 4 is 13.3 Å². The van der Waals surface area contributed by atoms with Gasteiger partial charge < -0.3 is 0 Å². The minimum atomic E-state index is -1.45. The number of pyridine rings is 2. The fourth-order valence-corrected chi connectivity index (χ4v) is 8.93. The Morgan fingerprint density at radius 1 is 0.396 bits per heavy atom. The van der Waals surface area contributed by atoms with Gasteiger partial charge in [-0.15, -0.1) is 0 Å². The van der Waals surface area contributed by atoms with Gasteiger partial charge in [0, 0.05) is 41.5 Å². The Balaban J connectivity index is 1.20. The summed E-state index contributed by atoms with van der Waals surface area (Å²) in [5, 5.41) is 1.40. The Morgan fingerprint density at radius 2 is 0.887 bits per heavy atom. The second kappa shape index (κ2) is 13.0. The molecule has 1 aliphatic carbocycles. The van der Waals surface area contributed by atoms with Crippen molar-refractivity contribution in [3.8, 4) is 56.4 Å². The van der Waals surface area contributed by atoms with E-state index in [0.717, 1.165) is 27.8 Å². The molecule has 53 heavy (non-hydrogen) atoms. The van der Waals surface area contributed by atoms with Crippen molar-refractivity contribution in [2.75, 3.05) is 0 Å². The Bertz CT molecular complexity index is 2540. The molecule has 5 nitrogen and oxygen atoms in total. The largest absolute Gasteiger partial charge is 0.265 e. The molecule has 0 N–H and O–H groups in total. The fourth-order valence-electron chi connectivity index (χ4n) is 7.76. The lowest BCUT2D eigenvalue weighted by molar-refractivity contribution is 0.764. The second-order valence-electron chi connectivity index (χ2n) is 14.6. The molecule has 254 valence electrons. The number of fused-ring (bicyclic) bond motifs is 3. The molecule has 0 aliphatic heterocycles. The van der Waals surface area contributed by atoms with Crippen LogP contribution >= 0.6 is 0 Å². The zero-order valence-corrected chi connectivity index (χ0v) is 30.9. The van der Waals surface area contributed by atoms with Crippen LogP contribution in [-0.4, -0.2) is 33.0 Å². The molecule has 0 fully saturated rings. The van der Waals surface area contributed by atoms with Crippen molar-refractivity contribution in [3.05, 3.63) is 193 Å². The maximum Gasteiger partial charge on any atom is 0.164 e. The molecule has 0 amide bonds. The highest BCUT2D eigenvalue weighted by Gasteiger charge is 2.46. The molecule has 3 heterocycles. The standard InChI is InChI=1S/C47H37N5Si/c1-53(2,3)39-19-16-33(17-20-39)45-50-44(32-10-5-4-6-11-32)51-46(52-45)36-13-9-12-34(30-36)35-18-21-41-40-14-7-8-15-42(40)47(43(41)31-35,37-22-26-48-27-23-37)38-24-28-49-29-25-38/h4-31H,1-3H3. The van der Waals surface area contributed by atoms with Gasteiger partial charge in [0.05, 0.1) is 13.5 Å². The van der Waals surface area contributed by atoms with E-state index in [0.29, 0.717) is 17.5 Å². The molecule has 0 saturated carbocycles. The monoisotopic (exact) mass is 699 g/mol. The molecule has 0 atom stereocenters. The van der Waals surface area contributed by atoms with Crippen LogP contribution < -0.4 is 5.19 Å². The van der Waals surface area contributed by atoms with E-state index >= 15 is 0 Å². The summed E-state index contributed by atoms with van der Waals surface area (Å²) in [5.41, 5.74) is 11.8. The van der Waals surface area contributed by atoms with Crippen LogP contribution in [0.1, 0.15) is 22.3 Å². The number of aromatic nitrogens is 5. The van der Waals surface area contributed by atoms with E-state index in [9.17, 15) is 0 Å². The summed E-state index contributed by atoms with van der Waals surface area (Å²) in [6.07, 6.45) is 7.55. The highest BCUT2D eigenvalue weighted by molar-refractivity contribution is 6.88. The van der Waals surface area contributed by atoms with Crippen LogP contribution in [0.3, 0.4) is 0 Å². The second-order valence-corrected chi connectivity index (χ2v) is 19.7.